The highest BCUT2D eigenvalue weighted by Gasteiger charge is 2.28. The molecule has 0 spiro atoms. The maximum Gasteiger partial charge on any atom is 0.236 e. The van der Waals surface area contributed by atoms with Crippen molar-refractivity contribution >= 4 is 11.8 Å². The van der Waals surface area contributed by atoms with Gasteiger partial charge in [-0.25, -0.2) is 0 Å². The Balaban J connectivity index is 1.80. The van der Waals surface area contributed by atoms with Crippen LogP contribution in [0.3, 0.4) is 0 Å². The third kappa shape index (κ3) is 3.45. The lowest BCUT2D eigenvalue weighted by atomic mass is 10.2. The molecule has 19 heavy (non-hydrogen) atoms. The fourth-order valence-electron chi connectivity index (χ4n) is 2.85. The Morgan fingerprint density at radius 1 is 1.11 bits per heavy atom. The molecule has 0 aromatic heterocycles. The molecule has 1 N–H and O–H groups in total. The second kappa shape index (κ2) is 6.34. The molecular formula is C13H23N3O3. The zero-order valence-electron chi connectivity index (χ0n) is 11.5. The van der Waals surface area contributed by atoms with Crippen LogP contribution in [0.1, 0.15) is 19.8 Å². The van der Waals surface area contributed by atoms with Crippen LogP contribution >= 0.6 is 0 Å². The Hall–Kier alpha value is -1.14. The number of aliphatic hydroxyl groups is 1. The van der Waals surface area contributed by atoms with Crippen LogP contribution in [0.2, 0.25) is 0 Å². The summed E-state index contributed by atoms with van der Waals surface area (Å²) in [4.78, 5) is 29.1. The number of hydrogen-bond acceptors (Lipinski definition) is 4. The minimum atomic E-state index is 0.0759. The number of carbonyl (C=O) groups excluding carboxylic acids is 2. The number of carbonyl (C=O) groups is 2. The largest absolute Gasteiger partial charge is 0.395 e. The topological polar surface area (TPSA) is 64.1 Å². The molecule has 1 atom stereocenters. The average Bonchev–Trinajstić information content (AvgIpc) is 2.86. The molecule has 6 nitrogen and oxygen atoms in total. The van der Waals surface area contributed by atoms with Crippen LogP contribution in [0.5, 0.6) is 0 Å². The van der Waals surface area contributed by atoms with Gasteiger partial charge in [-0.05, 0) is 19.4 Å². The molecule has 2 amide bonds. The van der Waals surface area contributed by atoms with E-state index in [2.05, 4.69) is 4.90 Å². The van der Waals surface area contributed by atoms with Crippen LogP contribution in [0.25, 0.3) is 0 Å². The predicted molar refractivity (Wildman–Crippen MR) is 70.5 cm³/mol. The van der Waals surface area contributed by atoms with Crippen molar-refractivity contribution in [2.24, 2.45) is 0 Å². The van der Waals surface area contributed by atoms with Crippen molar-refractivity contribution in [3.63, 3.8) is 0 Å². The van der Waals surface area contributed by atoms with Gasteiger partial charge in [0.05, 0.1) is 13.2 Å². The van der Waals surface area contributed by atoms with E-state index in [1.165, 1.54) is 0 Å². The molecule has 0 aromatic rings. The Kier molecular flexibility index (Phi) is 4.76. The molecule has 0 aliphatic carbocycles. The predicted octanol–water partition coefficient (Wildman–Crippen LogP) is -0.866. The van der Waals surface area contributed by atoms with Gasteiger partial charge < -0.3 is 14.9 Å². The Bertz CT molecular complexity index is 340. The second-order valence-electron chi connectivity index (χ2n) is 5.34. The summed E-state index contributed by atoms with van der Waals surface area (Å²) in [6.45, 7) is 5.48. The third-order valence-electron chi connectivity index (χ3n) is 4.13. The van der Waals surface area contributed by atoms with Crippen molar-refractivity contribution in [3.8, 4) is 0 Å². The molecule has 2 aliphatic heterocycles. The van der Waals surface area contributed by atoms with Gasteiger partial charge in [-0.1, -0.05) is 0 Å². The van der Waals surface area contributed by atoms with Gasteiger partial charge in [0.25, 0.3) is 0 Å². The van der Waals surface area contributed by atoms with Gasteiger partial charge >= 0.3 is 0 Å². The summed E-state index contributed by atoms with van der Waals surface area (Å²) < 4.78 is 0. The number of piperazine rings is 1. The average molecular weight is 269 g/mol. The number of aliphatic hydroxyl groups excluding tert-OH is 1. The summed E-state index contributed by atoms with van der Waals surface area (Å²) >= 11 is 0. The Morgan fingerprint density at radius 3 is 2.32 bits per heavy atom. The fraction of sp³-hybridized carbons (Fsp3) is 0.846. The molecule has 0 saturated carbocycles. The van der Waals surface area contributed by atoms with Gasteiger partial charge in [0.15, 0.2) is 0 Å². The summed E-state index contributed by atoms with van der Waals surface area (Å²) in [5, 5.41) is 9.24. The molecule has 2 saturated heterocycles. The van der Waals surface area contributed by atoms with E-state index in [-0.39, 0.29) is 24.5 Å². The van der Waals surface area contributed by atoms with Gasteiger partial charge in [-0.2, -0.15) is 0 Å². The third-order valence-corrected chi connectivity index (χ3v) is 4.13. The highest BCUT2D eigenvalue weighted by Crippen LogP contribution is 2.16. The van der Waals surface area contributed by atoms with Crippen molar-refractivity contribution in [1.82, 2.24) is 14.7 Å². The summed E-state index contributed by atoms with van der Waals surface area (Å²) in [5.74, 6) is 0.190. The van der Waals surface area contributed by atoms with Crippen LogP contribution in [0.15, 0.2) is 0 Å². The smallest absolute Gasteiger partial charge is 0.236 e. The number of nitrogens with zero attached hydrogens (tertiary/aromatic N) is 3. The lowest BCUT2D eigenvalue weighted by Gasteiger charge is -2.35. The molecule has 2 rings (SSSR count). The fourth-order valence-corrected chi connectivity index (χ4v) is 2.85. The zero-order chi connectivity index (χ0) is 13.8. The van der Waals surface area contributed by atoms with Gasteiger partial charge in [0.2, 0.25) is 11.8 Å². The van der Waals surface area contributed by atoms with E-state index in [1.807, 2.05) is 4.90 Å². The van der Waals surface area contributed by atoms with Crippen LogP contribution in [0.4, 0.5) is 0 Å². The summed E-state index contributed by atoms with van der Waals surface area (Å²) in [6, 6.07) is 0.141. The first-order chi connectivity index (χ1) is 9.11. The Morgan fingerprint density at radius 2 is 1.74 bits per heavy atom. The minimum Gasteiger partial charge on any atom is -0.395 e. The molecule has 0 radical (unpaired) electrons. The van der Waals surface area contributed by atoms with Crippen LogP contribution in [-0.2, 0) is 9.59 Å². The quantitative estimate of drug-likeness (QED) is 0.724. The standard InChI is InChI=1S/C13H23N3O3/c1-11(18)14-5-7-15(8-6-14)13(19)9-16-4-2-3-12(16)10-17/h12,17H,2-10H2,1H3/t12-/m0/s1. The van der Waals surface area contributed by atoms with Crippen LogP contribution in [-0.4, -0.2) is 83.5 Å². The number of hydrogen-bond donors (Lipinski definition) is 1. The van der Waals surface area contributed by atoms with Gasteiger partial charge in [-0.3, -0.25) is 14.5 Å². The minimum absolute atomic E-state index is 0.0759. The van der Waals surface area contributed by atoms with Gasteiger partial charge in [0.1, 0.15) is 0 Å². The lowest BCUT2D eigenvalue weighted by molar-refractivity contribution is -0.139. The first-order valence-electron chi connectivity index (χ1n) is 7.00. The van der Waals surface area contributed by atoms with E-state index in [4.69, 9.17) is 0 Å². The maximum atomic E-state index is 12.2. The van der Waals surface area contributed by atoms with Gasteiger partial charge in [0, 0.05) is 39.1 Å². The summed E-state index contributed by atoms with van der Waals surface area (Å²) in [6.07, 6.45) is 2.03. The van der Waals surface area contributed by atoms with E-state index < -0.39 is 0 Å². The molecule has 6 heteroatoms. The van der Waals surface area contributed by atoms with Gasteiger partial charge in [-0.15, -0.1) is 0 Å². The van der Waals surface area contributed by atoms with Crippen molar-refractivity contribution in [3.05, 3.63) is 0 Å². The number of likely N-dealkylation sites (tertiary alicyclic amines) is 1. The maximum absolute atomic E-state index is 12.2. The SMILES string of the molecule is CC(=O)N1CCN(C(=O)CN2CCC[C@H]2CO)CC1. The van der Waals surface area contributed by atoms with E-state index >= 15 is 0 Å². The van der Waals surface area contributed by atoms with Crippen molar-refractivity contribution < 1.29 is 14.7 Å². The Labute approximate surface area is 114 Å². The molecule has 0 aromatic carbocycles. The zero-order valence-corrected chi connectivity index (χ0v) is 11.5. The molecule has 2 fully saturated rings. The molecular weight excluding hydrogens is 246 g/mol. The van der Waals surface area contributed by atoms with E-state index in [1.54, 1.807) is 11.8 Å². The summed E-state index contributed by atoms with van der Waals surface area (Å²) in [5.41, 5.74) is 0. The molecule has 2 aliphatic rings. The van der Waals surface area contributed by atoms with Crippen LogP contribution < -0.4 is 0 Å². The molecule has 108 valence electrons. The second-order valence-corrected chi connectivity index (χ2v) is 5.34. The van der Waals surface area contributed by atoms with Crippen molar-refractivity contribution in [2.75, 3.05) is 45.9 Å². The van der Waals surface area contributed by atoms with Crippen LogP contribution in [0, 0.1) is 0 Å². The van der Waals surface area contributed by atoms with Crippen molar-refractivity contribution in [2.45, 2.75) is 25.8 Å². The van der Waals surface area contributed by atoms with E-state index in [0.29, 0.717) is 32.7 Å². The molecule has 0 bridgehead atoms. The first-order valence-corrected chi connectivity index (χ1v) is 7.00. The first kappa shape index (κ1) is 14.3. The monoisotopic (exact) mass is 269 g/mol. The van der Waals surface area contributed by atoms with E-state index in [0.717, 1.165) is 19.4 Å². The van der Waals surface area contributed by atoms with Crippen molar-refractivity contribution in [1.29, 1.82) is 0 Å². The molecule has 0 unspecified atom stereocenters. The molecule has 2 heterocycles. The normalized spacial score (nSPS) is 24.8. The highest BCUT2D eigenvalue weighted by atomic mass is 16.3. The summed E-state index contributed by atoms with van der Waals surface area (Å²) in [7, 11) is 0. The van der Waals surface area contributed by atoms with E-state index in [9.17, 15) is 14.7 Å². The highest BCUT2D eigenvalue weighted by molar-refractivity contribution is 5.79. The lowest BCUT2D eigenvalue weighted by Crippen LogP contribution is -2.52. The number of rotatable bonds is 3. The number of amides is 2.